The lowest BCUT2D eigenvalue weighted by Gasteiger charge is -2.30. The first-order chi connectivity index (χ1) is 10.3. The Morgan fingerprint density at radius 3 is 2.32 bits per heavy atom. The lowest BCUT2D eigenvalue weighted by molar-refractivity contribution is 0.0256. The van der Waals surface area contributed by atoms with E-state index in [0.717, 1.165) is 45.2 Å². The Balaban J connectivity index is 1.76. The van der Waals surface area contributed by atoms with Crippen LogP contribution in [-0.4, -0.2) is 47.8 Å². The average molecular weight is 311 g/mol. The quantitative estimate of drug-likeness (QED) is 0.822. The second-order valence-corrected chi connectivity index (χ2v) is 7.87. The first-order valence-electron chi connectivity index (χ1n) is 8.83. The maximum atomic E-state index is 12.2. The molecule has 0 aromatic carbocycles. The van der Waals surface area contributed by atoms with Crippen LogP contribution in [0.4, 0.5) is 4.79 Å². The van der Waals surface area contributed by atoms with Crippen molar-refractivity contribution >= 4 is 6.09 Å². The normalized spacial score (nSPS) is 30.7. The Morgan fingerprint density at radius 1 is 1.05 bits per heavy atom. The molecule has 1 saturated heterocycles. The summed E-state index contributed by atoms with van der Waals surface area (Å²) < 4.78 is 5.48. The minimum atomic E-state index is -0.415. The summed E-state index contributed by atoms with van der Waals surface area (Å²) in [5.41, 5.74) is 5.56. The molecule has 1 heterocycles. The molecular formula is C17H33N3O2. The van der Waals surface area contributed by atoms with Crippen LogP contribution < -0.4 is 11.1 Å². The molecule has 0 radical (unpaired) electrons. The number of carbonyl (C=O) groups is 1. The molecule has 3 N–H and O–H groups in total. The molecule has 5 heteroatoms. The van der Waals surface area contributed by atoms with E-state index in [1.54, 1.807) is 0 Å². The third-order valence-corrected chi connectivity index (χ3v) is 4.62. The van der Waals surface area contributed by atoms with Crippen molar-refractivity contribution in [1.29, 1.82) is 0 Å². The van der Waals surface area contributed by atoms with Crippen LogP contribution in [0.15, 0.2) is 0 Å². The molecule has 5 nitrogen and oxygen atoms in total. The van der Waals surface area contributed by atoms with E-state index >= 15 is 0 Å². The summed E-state index contributed by atoms with van der Waals surface area (Å²) in [6.07, 6.45) is 7.67. The highest BCUT2D eigenvalue weighted by Gasteiger charge is 2.27. The molecule has 1 aliphatic heterocycles. The van der Waals surface area contributed by atoms with Crippen LogP contribution in [0.1, 0.15) is 65.7 Å². The van der Waals surface area contributed by atoms with Crippen molar-refractivity contribution in [1.82, 2.24) is 10.2 Å². The third-order valence-electron chi connectivity index (χ3n) is 4.62. The molecule has 2 rings (SSSR count). The maximum Gasteiger partial charge on any atom is 0.410 e. The summed E-state index contributed by atoms with van der Waals surface area (Å²) in [6.45, 7) is 7.35. The highest BCUT2D eigenvalue weighted by atomic mass is 16.6. The molecular weight excluding hydrogens is 278 g/mol. The van der Waals surface area contributed by atoms with Gasteiger partial charge in [0.05, 0.1) is 0 Å². The number of likely N-dealkylation sites (tertiary alicyclic amines) is 1. The smallest absolute Gasteiger partial charge is 0.410 e. The van der Waals surface area contributed by atoms with Gasteiger partial charge in [0.25, 0.3) is 0 Å². The standard InChI is InChI=1S/C17H33N3O2/c1-17(2,3)22-16(21)20-11-4-5-14(10-12-20)19-15-8-6-13(18)7-9-15/h13-15,19H,4-12,18H2,1-3H3. The summed E-state index contributed by atoms with van der Waals surface area (Å²) in [4.78, 5) is 14.0. The number of hydrogen-bond donors (Lipinski definition) is 2. The van der Waals surface area contributed by atoms with E-state index in [9.17, 15) is 4.79 Å². The monoisotopic (exact) mass is 311 g/mol. The van der Waals surface area contributed by atoms with Gasteiger partial charge in [0.15, 0.2) is 0 Å². The van der Waals surface area contributed by atoms with Gasteiger partial charge < -0.3 is 20.7 Å². The van der Waals surface area contributed by atoms with Gasteiger partial charge in [-0.3, -0.25) is 0 Å². The van der Waals surface area contributed by atoms with Gasteiger partial charge in [0, 0.05) is 31.2 Å². The zero-order valence-electron chi connectivity index (χ0n) is 14.4. The van der Waals surface area contributed by atoms with E-state index in [1.165, 1.54) is 12.8 Å². The van der Waals surface area contributed by atoms with Gasteiger partial charge in [-0.1, -0.05) is 0 Å². The van der Waals surface area contributed by atoms with Gasteiger partial charge in [-0.25, -0.2) is 4.79 Å². The molecule has 2 fully saturated rings. The number of rotatable bonds is 2. The van der Waals surface area contributed by atoms with Crippen LogP contribution >= 0.6 is 0 Å². The van der Waals surface area contributed by atoms with Gasteiger partial charge in [-0.15, -0.1) is 0 Å². The first-order valence-corrected chi connectivity index (χ1v) is 8.83. The SMILES string of the molecule is CC(C)(C)OC(=O)N1CCCC(NC2CCC(N)CC2)CC1. The molecule has 128 valence electrons. The first kappa shape index (κ1) is 17.5. The van der Waals surface area contributed by atoms with Crippen LogP contribution in [0.25, 0.3) is 0 Å². The topological polar surface area (TPSA) is 67.6 Å². The Hall–Kier alpha value is -0.810. The fourth-order valence-electron chi connectivity index (χ4n) is 3.39. The Morgan fingerprint density at radius 2 is 1.68 bits per heavy atom. The fourth-order valence-corrected chi connectivity index (χ4v) is 3.39. The van der Waals surface area contributed by atoms with Gasteiger partial charge in [0.2, 0.25) is 0 Å². The Labute approximate surface area is 134 Å². The maximum absolute atomic E-state index is 12.2. The van der Waals surface area contributed by atoms with Gasteiger partial charge in [-0.05, 0) is 65.7 Å². The summed E-state index contributed by atoms with van der Waals surface area (Å²) in [5, 5.41) is 3.79. The highest BCUT2D eigenvalue weighted by molar-refractivity contribution is 5.68. The lowest BCUT2D eigenvalue weighted by atomic mass is 9.91. The van der Waals surface area contributed by atoms with Crippen LogP contribution in [0, 0.1) is 0 Å². The molecule has 1 amide bonds. The van der Waals surface area contributed by atoms with E-state index < -0.39 is 5.60 Å². The lowest BCUT2D eigenvalue weighted by Crippen LogP contribution is -2.43. The fraction of sp³-hybridized carbons (Fsp3) is 0.941. The number of hydrogen-bond acceptors (Lipinski definition) is 4. The molecule has 0 bridgehead atoms. The van der Waals surface area contributed by atoms with Crippen LogP contribution in [0.3, 0.4) is 0 Å². The van der Waals surface area contributed by atoms with Crippen molar-refractivity contribution in [3.63, 3.8) is 0 Å². The zero-order chi connectivity index (χ0) is 16.2. The Bertz CT molecular complexity index is 359. The summed E-state index contributed by atoms with van der Waals surface area (Å²) in [6, 6.07) is 1.53. The van der Waals surface area contributed by atoms with Crippen LogP contribution in [0.5, 0.6) is 0 Å². The van der Waals surface area contributed by atoms with Crippen molar-refractivity contribution in [2.75, 3.05) is 13.1 Å². The minimum absolute atomic E-state index is 0.170. The number of nitrogens with zero attached hydrogens (tertiary/aromatic N) is 1. The van der Waals surface area contributed by atoms with Crippen molar-refractivity contribution in [2.45, 2.75) is 89.4 Å². The van der Waals surface area contributed by atoms with E-state index in [2.05, 4.69) is 5.32 Å². The number of carbonyl (C=O) groups excluding carboxylic acids is 1. The summed E-state index contributed by atoms with van der Waals surface area (Å²) >= 11 is 0. The van der Waals surface area contributed by atoms with Crippen molar-refractivity contribution in [2.24, 2.45) is 5.73 Å². The molecule has 1 atom stereocenters. The van der Waals surface area contributed by atoms with Crippen molar-refractivity contribution in [3.8, 4) is 0 Å². The second-order valence-electron chi connectivity index (χ2n) is 7.87. The number of nitrogens with one attached hydrogen (secondary N) is 1. The third kappa shape index (κ3) is 5.76. The highest BCUT2D eigenvalue weighted by Crippen LogP contribution is 2.20. The molecule has 1 unspecified atom stereocenters. The van der Waals surface area contributed by atoms with Crippen LogP contribution in [-0.2, 0) is 4.74 Å². The summed E-state index contributed by atoms with van der Waals surface area (Å²) in [5.74, 6) is 0. The molecule has 1 aliphatic carbocycles. The number of ether oxygens (including phenoxy) is 1. The van der Waals surface area contributed by atoms with Gasteiger partial charge >= 0.3 is 6.09 Å². The molecule has 22 heavy (non-hydrogen) atoms. The van der Waals surface area contributed by atoms with Crippen molar-refractivity contribution in [3.05, 3.63) is 0 Å². The molecule has 0 spiro atoms. The van der Waals surface area contributed by atoms with E-state index in [-0.39, 0.29) is 6.09 Å². The average Bonchev–Trinajstić information content (AvgIpc) is 2.65. The van der Waals surface area contributed by atoms with E-state index in [4.69, 9.17) is 10.5 Å². The van der Waals surface area contributed by atoms with Crippen LogP contribution in [0.2, 0.25) is 0 Å². The number of amides is 1. The minimum Gasteiger partial charge on any atom is -0.444 e. The van der Waals surface area contributed by atoms with E-state index in [0.29, 0.717) is 18.1 Å². The predicted octanol–water partition coefficient (Wildman–Crippen LogP) is 2.64. The zero-order valence-corrected chi connectivity index (χ0v) is 14.4. The summed E-state index contributed by atoms with van der Waals surface area (Å²) in [7, 11) is 0. The molecule has 2 aliphatic rings. The second kappa shape index (κ2) is 7.64. The molecule has 0 aromatic rings. The largest absolute Gasteiger partial charge is 0.444 e. The van der Waals surface area contributed by atoms with Gasteiger partial charge in [0.1, 0.15) is 5.60 Å². The van der Waals surface area contributed by atoms with E-state index in [1.807, 2.05) is 25.7 Å². The molecule has 1 saturated carbocycles. The predicted molar refractivity (Wildman–Crippen MR) is 88.8 cm³/mol. The van der Waals surface area contributed by atoms with Crippen molar-refractivity contribution < 1.29 is 9.53 Å². The molecule has 0 aromatic heterocycles. The Kier molecular flexibility index (Phi) is 6.09. The number of nitrogens with two attached hydrogens (primary N) is 1. The van der Waals surface area contributed by atoms with Gasteiger partial charge in [-0.2, -0.15) is 0 Å².